The number of hydrogen-bond acceptors (Lipinski definition) is 6. The minimum atomic E-state index is -4.54. The summed E-state index contributed by atoms with van der Waals surface area (Å²) in [6.07, 6.45) is 1.35. The molecule has 2 saturated heterocycles. The van der Waals surface area contributed by atoms with Crippen LogP contribution in [0.4, 0.5) is 30.4 Å². The topological polar surface area (TPSA) is 74.8 Å². The van der Waals surface area contributed by atoms with E-state index in [0.717, 1.165) is 24.8 Å². The van der Waals surface area contributed by atoms with Crippen molar-refractivity contribution in [3.8, 4) is 0 Å². The first-order chi connectivity index (χ1) is 16.8. The third kappa shape index (κ3) is 6.43. The van der Waals surface area contributed by atoms with Crippen molar-refractivity contribution in [1.82, 2.24) is 4.98 Å². The van der Waals surface area contributed by atoms with Gasteiger partial charge in [0.2, 0.25) is 0 Å². The molecule has 2 aliphatic rings. The fourth-order valence-electron chi connectivity index (χ4n) is 4.59. The van der Waals surface area contributed by atoms with Gasteiger partial charge >= 0.3 is 12.1 Å². The van der Waals surface area contributed by atoms with Crippen LogP contribution in [0.3, 0.4) is 0 Å². The maximum absolute atomic E-state index is 13.4. The highest BCUT2D eigenvalue weighted by Gasteiger charge is 2.37. The quantitative estimate of drug-likeness (QED) is 0.602. The van der Waals surface area contributed by atoms with E-state index >= 15 is 0 Å². The highest BCUT2D eigenvalue weighted by molar-refractivity contribution is 5.93. The molecule has 2 aromatic rings. The number of halogens is 3. The lowest BCUT2D eigenvalue weighted by Crippen LogP contribution is -2.41. The van der Waals surface area contributed by atoms with E-state index in [1.54, 1.807) is 0 Å². The number of benzene rings is 1. The van der Waals surface area contributed by atoms with Gasteiger partial charge in [0.05, 0.1) is 11.5 Å². The Hall–Kier alpha value is -3.30. The van der Waals surface area contributed by atoms with Crippen molar-refractivity contribution in [1.29, 1.82) is 0 Å². The third-order valence-corrected chi connectivity index (χ3v) is 6.36. The maximum Gasteiger partial charge on any atom is 0.419 e. The fraction of sp³-hybridized carbons (Fsp3) is 0.480. The van der Waals surface area contributed by atoms with E-state index in [1.807, 2.05) is 24.3 Å². The molecule has 1 atom stereocenters. The Labute approximate surface area is 202 Å². The van der Waals surface area contributed by atoms with Crippen LogP contribution in [0.15, 0.2) is 42.6 Å². The van der Waals surface area contributed by atoms with E-state index in [9.17, 15) is 22.8 Å². The van der Waals surface area contributed by atoms with Gasteiger partial charge in [-0.25, -0.2) is 4.98 Å². The van der Waals surface area contributed by atoms with Crippen LogP contribution in [-0.4, -0.2) is 49.6 Å². The van der Waals surface area contributed by atoms with Crippen molar-refractivity contribution in [2.45, 2.75) is 38.3 Å². The van der Waals surface area contributed by atoms with Crippen LogP contribution >= 0.6 is 0 Å². The first-order valence-electron chi connectivity index (χ1n) is 11.9. The molecular formula is C25H29F3N4O3. The number of pyridine rings is 1. The molecule has 0 bridgehead atoms. The number of nitrogens with one attached hydrogen (secondary N) is 1. The zero-order chi connectivity index (χ0) is 24.8. The predicted molar refractivity (Wildman–Crippen MR) is 126 cm³/mol. The van der Waals surface area contributed by atoms with Crippen molar-refractivity contribution in [2.75, 3.05) is 47.9 Å². The van der Waals surface area contributed by atoms with Gasteiger partial charge in [-0.3, -0.25) is 9.59 Å². The molecule has 1 aromatic carbocycles. The van der Waals surface area contributed by atoms with Crippen molar-refractivity contribution in [2.24, 2.45) is 5.92 Å². The summed E-state index contributed by atoms with van der Waals surface area (Å²) in [6, 6.07) is 9.75. The predicted octanol–water partition coefficient (Wildman–Crippen LogP) is 4.49. The summed E-state index contributed by atoms with van der Waals surface area (Å²) in [5.74, 6) is -1.90. The van der Waals surface area contributed by atoms with Gasteiger partial charge in [-0.2, -0.15) is 13.2 Å². The zero-order valence-corrected chi connectivity index (χ0v) is 19.4. The molecule has 1 amide bonds. The smallest absolute Gasteiger partial charge is 0.419 e. The Kier molecular flexibility index (Phi) is 7.77. The lowest BCUT2D eigenvalue weighted by Gasteiger charge is -2.33. The van der Waals surface area contributed by atoms with Gasteiger partial charge in [0.25, 0.3) is 5.91 Å². The SMILES string of the molecule is O=C(COC(=O)C1CCCN(c2ncccc2C(F)(F)F)C1)Nc1ccc(N2CCCCC2)cc1. The van der Waals surface area contributed by atoms with Crippen molar-refractivity contribution in [3.63, 3.8) is 0 Å². The van der Waals surface area contributed by atoms with E-state index < -0.39 is 36.1 Å². The van der Waals surface area contributed by atoms with Crippen LogP contribution in [0.25, 0.3) is 0 Å². The second-order valence-corrected chi connectivity index (χ2v) is 8.91. The maximum atomic E-state index is 13.4. The molecule has 0 radical (unpaired) electrons. The number of nitrogens with zero attached hydrogens (tertiary/aromatic N) is 3. The molecule has 35 heavy (non-hydrogen) atoms. The molecule has 0 spiro atoms. The number of rotatable bonds is 6. The average Bonchev–Trinajstić information content (AvgIpc) is 2.88. The third-order valence-electron chi connectivity index (χ3n) is 6.36. The number of ether oxygens (including phenoxy) is 1. The lowest BCUT2D eigenvalue weighted by molar-refractivity contribution is -0.151. The first-order valence-corrected chi connectivity index (χ1v) is 11.9. The molecule has 1 N–H and O–H groups in total. The monoisotopic (exact) mass is 490 g/mol. The summed E-state index contributed by atoms with van der Waals surface area (Å²) in [5, 5.41) is 2.71. The van der Waals surface area contributed by atoms with Crippen LogP contribution in [0.5, 0.6) is 0 Å². The Morgan fingerprint density at radius 1 is 1.00 bits per heavy atom. The molecule has 2 aliphatic heterocycles. The number of aromatic nitrogens is 1. The number of anilines is 3. The standard InChI is InChI=1S/C25H29F3N4O3/c26-25(27,28)21-7-4-12-29-23(21)32-15-5-6-18(16-32)24(34)35-17-22(33)30-19-8-10-20(11-9-19)31-13-2-1-3-14-31/h4,7-12,18H,1-3,5-6,13-17H2,(H,30,33). The van der Waals surface area contributed by atoms with E-state index in [-0.39, 0.29) is 12.4 Å². The average molecular weight is 491 g/mol. The summed E-state index contributed by atoms with van der Waals surface area (Å²) in [7, 11) is 0. The Morgan fingerprint density at radius 2 is 1.71 bits per heavy atom. The summed E-state index contributed by atoms with van der Waals surface area (Å²) in [4.78, 5) is 32.5. The van der Waals surface area contributed by atoms with Crippen molar-refractivity contribution < 1.29 is 27.5 Å². The summed E-state index contributed by atoms with van der Waals surface area (Å²) >= 11 is 0. The number of esters is 1. The number of hydrogen-bond donors (Lipinski definition) is 1. The number of piperidine rings is 2. The number of carbonyl (C=O) groups excluding carboxylic acids is 2. The van der Waals surface area contributed by atoms with Gasteiger partial charge in [-0.15, -0.1) is 0 Å². The van der Waals surface area contributed by atoms with Gasteiger partial charge in [0.1, 0.15) is 5.82 Å². The lowest BCUT2D eigenvalue weighted by atomic mass is 9.98. The molecule has 4 rings (SSSR count). The molecule has 1 unspecified atom stereocenters. The molecule has 2 fully saturated rings. The van der Waals surface area contributed by atoms with Gasteiger partial charge in [0.15, 0.2) is 6.61 Å². The van der Waals surface area contributed by atoms with Crippen LogP contribution in [0.2, 0.25) is 0 Å². The highest BCUT2D eigenvalue weighted by Crippen LogP contribution is 2.36. The molecule has 7 nitrogen and oxygen atoms in total. The van der Waals surface area contributed by atoms with Crippen LogP contribution < -0.4 is 15.1 Å². The molecule has 0 saturated carbocycles. The number of carbonyl (C=O) groups is 2. The molecule has 3 heterocycles. The molecule has 0 aliphatic carbocycles. The van der Waals surface area contributed by atoms with Crippen LogP contribution in [-0.2, 0) is 20.5 Å². The summed E-state index contributed by atoms with van der Waals surface area (Å²) in [5.41, 5.74) is 0.878. The highest BCUT2D eigenvalue weighted by atomic mass is 19.4. The minimum absolute atomic E-state index is 0.0541. The Morgan fingerprint density at radius 3 is 2.43 bits per heavy atom. The van der Waals surface area contributed by atoms with E-state index in [1.165, 1.54) is 36.4 Å². The van der Waals surface area contributed by atoms with E-state index in [4.69, 9.17) is 4.74 Å². The van der Waals surface area contributed by atoms with E-state index in [0.29, 0.717) is 25.1 Å². The first kappa shape index (κ1) is 24.8. The van der Waals surface area contributed by atoms with E-state index in [2.05, 4.69) is 15.2 Å². The van der Waals surface area contributed by atoms with Crippen molar-refractivity contribution in [3.05, 3.63) is 48.2 Å². The van der Waals surface area contributed by atoms with Gasteiger partial charge in [-0.1, -0.05) is 0 Å². The molecule has 188 valence electrons. The molecule has 10 heteroatoms. The normalized spacial score (nSPS) is 18.8. The zero-order valence-electron chi connectivity index (χ0n) is 19.4. The minimum Gasteiger partial charge on any atom is -0.455 e. The van der Waals surface area contributed by atoms with Gasteiger partial charge < -0.3 is 19.9 Å². The summed E-state index contributed by atoms with van der Waals surface area (Å²) in [6.45, 7) is 2.01. The largest absolute Gasteiger partial charge is 0.455 e. The van der Waals surface area contributed by atoms with Gasteiger partial charge in [-0.05, 0) is 68.5 Å². The molecule has 1 aromatic heterocycles. The second-order valence-electron chi connectivity index (χ2n) is 8.91. The van der Waals surface area contributed by atoms with Crippen LogP contribution in [0.1, 0.15) is 37.7 Å². The summed E-state index contributed by atoms with van der Waals surface area (Å²) < 4.78 is 45.3. The Bertz CT molecular complexity index is 1020. The fourth-order valence-corrected chi connectivity index (χ4v) is 4.59. The second kappa shape index (κ2) is 11.0. The number of alkyl halides is 3. The number of amides is 1. The van der Waals surface area contributed by atoms with Gasteiger partial charge in [0, 0.05) is 43.8 Å². The van der Waals surface area contributed by atoms with Crippen molar-refractivity contribution >= 4 is 29.1 Å². The molecular weight excluding hydrogens is 461 g/mol. The van der Waals surface area contributed by atoms with Crippen LogP contribution in [0, 0.1) is 5.92 Å². The Balaban J connectivity index is 1.28.